The Morgan fingerprint density at radius 3 is 2.86 bits per heavy atom. The average molecular weight is 278 g/mol. The zero-order valence-corrected chi connectivity index (χ0v) is 12.3. The fraction of sp³-hybridized carbons (Fsp3) is 0.235. The van der Waals surface area contributed by atoms with E-state index >= 15 is 0 Å². The Morgan fingerprint density at radius 2 is 2.05 bits per heavy atom. The molecule has 106 valence electrons. The van der Waals surface area contributed by atoms with Crippen molar-refractivity contribution < 1.29 is 0 Å². The SMILES string of the molecule is Cc1cccc2nc(-c3ccc4c(c3)CCN4C)c(N)n12. The van der Waals surface area contributed by atoms with Gasteiger partial charge in [-0.15, -0.1) is 0 Å². The lowest BCUT2D eigenvalue weighted by atomic mass is 10.1. The van der Waals surface area contributed by atoms with Crippen molar-refractivity contribution >= 4 is 17.2 Å². The Labute approximate surface area is 123 Å². The number of imidazole rings is 1. The Balaban J connectivity index is 1.91. The number of anilines is 2. The number of nitrogens with two attached hydrogens (primary N) is 1. The molecule has 0 aliphatic carbocycles. The maximum absolute atomic E-state index is 6.33. The number of hydrogen-bond acceptors (Lipinski definition) is 3. The normalized spacial score (nSPS) is 13.9. The topological polar surface area (TPSA) is 46.6 Å². The van der Waals surface area contributed by atoms with Crippen LogP contribution in [-0.4, -0.2) is 23.0 Å². The number of nitrogen functional groups attached to an aromatic ring is 1. The van der Waals surface area contributed by atoms with Gasteiger partial charge < -0.3 is 10.6 Å². The van der Waals surface area contributed by atoms with Gasteiger partial charge in [0.05, 0.1) is 0 Å². The van der Waals surface area contributed by atoms with Crippen LogP contribution in [0.4, 0.5) is 11.5 Å². The lowest BCUT2D eigenvalue weighted by Gasteiger charge is -2.11. The molecule has 0 bridgehead atoms. The molecule has 3 heterocycles. The Bertz CT molecular complexity index is 847. The molecule has 2 N–H and O–H groups in total. The van der Waals surface area contributed by atoms with E-state index in [1.54, 1.807) is 0 Å². The van der Waals surface area contributed by atoms with Crippen molar-refractivity contribution in [3.63, 3.8) is 0 Å². The zero-order valence-electron chi connectivity index (χ0n) is 12.3. The van der Waals surface area contributed by atoms with Gasteiger partial charge in [-0.1, -0.05) is 12.1 Å². The van der Waals surface area contributed by atoms with Crippen LogP contribution in [0.5, 0.6) is 0 Å². The van der Waals surface area contributed by atoms with Gasteiger partial charge in [0, 0.05) is 30.5 Å². The van der Waals surface area contributed by atoms with E-state index < -0.39 is 0 Å². The van der Waals surface area contributed by atoms with Gasteiger partial charge in [0.1, 0.15) is 17.2 Å². The van der Waals surface area contributed by atoms with E-state index in [1.807, 2.05) is 29.5 Å². The summed E-state index contributed by atoms with van der Waals surface area (Å²) in [5, 5.41) is 0. The molecule has 0 spiro atoms. The molecule has 4 nitrogen and oxygen atoms in total. The number of hydrogen-bond donors (Lipinski definition) is 1. The predicted octanol–water partition coefficient (Wildman–Crippen LogP) is 2.88. The maximum Gasteiger partial charge on any atom is 0.139 e. The lowest BCUT2D eigenvalue weighted by molar-refractivity contribution is 0.956. The standard InChI is InChI=1S/C17H18N4/c1-11-4-3-5-15-19-16(17(18)21(11)15)13-6-7-14-12(10-13)8-9-20(14)2/h3-7,10H,8-9,18H2,1-2H3. The third-order valence-electron chi connectivity index (χ3n) is 4.36. The van der Waals surface area contributed by atoms with Crippen molar-refractivity contribution in [2.75, 3.05) is 24.2 Å². The lowest BCUT2D eigenvalue weighted by Crippen LogP contribution is -2.12. The first-order chi connectivity index (χ1) is 10.1. The third-order valence-corrected chi connectivity index (χ3v) is 4.36. The van der Waals surface area contributed by atoms with E-state index in [0.29, 0.717) is 0 Å². The molecular weight excluding hydrogens is 260 g/mol. The smallest absolute Gasteiger partial charge is 0.139 e. The van der Waals surface area contributed by atoms with Crippen LogP contribution in [0.1, 0.15) is 11.3 Å². The number of nitrogens with zero attached hydrogens (tertiary/aromatic N) is 3. The highest BCUT2D eigenvalue weighted by molar-refractivity contribution is 5.78. The van der Waals surface area contributed by atoms with E-state index in [0.717, 1.165) is 41.4 Å². The van der Waals surface area contributed by atoms with Crippen molar-refractivity contribution in [3.05, 3.63) is 47.7 Å². The van der Waals surface area contributed by atoms with Crippen molar-refractivity contribution in [1.29, 1.82) is 0 Å². The molecular formula is C17H18N4. The summed E-state index contributed by atoms with van der Waals surface area (Å²) in [5.74, 6) is 0.717. The Kier molecular flexibility index (Phi) is 2.48. The summed E-state index contributed by atoms with van der Waals surface area (Å²) < 4.78 is 2.01. The first kappa shape index (κ1) is 12.3. The summed E-state index contributed by atoms with van der Waals surface area (Å²) in [6.07, 6.45) is 1.09. The molecule has 0 unspecified atom stereocenters. The van der Waals surface area contributed by atoms with Crippen LogP contribution in [0.3, 0.4) is 0 Å². The number of rotatable bonds is 1. The quantitative estimate of drug-likeness (QED) is 0.744. The zero-order chi connectivity index (χ0) is 14.6. The molecule has 1 aliphatic heterocycles. The third kappa shape index (κ3) is 1.72. The monoisotopic (exact) mass is 278 g/mol. The number of likely N-dealkylation sites (N-methyl/N-ethyl adjacent to an activating group) is 1. The van der Waals surface area contributed by atoms with Crippen molar-refractivity contribution in [1.82, 2.24) is 9.38 Å². The number of pyridine rings is 1. The maximum atomic E-state index is 6.33. The summed E-state index contributed by atoms with van der Waals surface area (Å²) in [7, 11) is 2.13. The van der Waals surface area contributed by atoms with Crippen LogP contribution in [0.2, 0.25) is 0 Å². The highest BCUT2D eigenvalue weighted by Gasteiger charge is 2.18. The van der Waals surface area contributed by atoms with Crippen LogP contribution in [-0.2, 0) is 6.42 Å². The molecule has 2 aromatic heterocycles. The van der Waals surface area contributed by atoms with Crippen LogP contribution in [0.15, 0.2) is 36.4 Å². The Hall–Kier alpha value is -2.49. The van der Waals surface area contributed by atoms with Crippen LogP contribution in [0, 0.1) is 6.92 Å². The fourth-order valence-corrected chi connectivity index (χ4v) is 3.21. The number of fused-ring (bicyclic) bond motifs is 2. The molecule has 1 aromatic carbocycles. The Morgan fingerprint density at radius 1 is 1.19 bits per heavy atom. The molecule has 3 aromatic rings. The van der Waals surface area contributed by atoms with Crippen molar-refractivity contribution in [3.8, 4) is 11.3 Å². The number of benzene rings is 1. The predicted molar refractivity (Wildman–Crippen MR) is 86.8 cm³/mol. The molecule has 1 aliphatic rings. The molecule has 0 atom stereocenters. The van der Waals surface area contributed by atoms with E-state index in [2.05, 4.69) is 30.1 Å². The minimum atomic E-state index is 0.717. The molecule has 4 rings (SSSR count). The summed E-state index contributed by atoms with van der Waals surface area (Å²) in [4.78, 5) is 7.00. The van der Waals surface area contributed by atoms with Crippen LogP contribution in [0.25, 0.3) is 16.9 Å². The molecule has 0 amide bonds. The second-order valence-corrected chi connectivity index (χ2v) is 5.72. The summed E-state index contributed by atoms with van der Waals surface area (Å²) in [6.45, 7) is 3.13. The molecule has 0 saturated heterocycles. The van der Waals surface area contributed by atoms with E-state index in [1.165, 1.54) is 11.3 Å². The first-order valence-electron chi connectivity index (χ1n) is 7.23. The molecule has 0 fully saturated rings. The van der Waals surface area contributed by atoms with E-state index in [4.69, 9.17) is 10.7 Å². The summed E-state index contributed by atoms with van der Waals surface area (Å²) >= 11 is 0. The molecule has 21 heavy (non-hydrogen) atoms. The van der Waals surface area contributed by atoms with Crippen molar-refractivity contribution in [2.24, 2.45) is 0 Å². The van der Waals surface area contributed by atoms with Gasteiger partial charge in [-0.2, -0.15) is 0 Å². The summed E-state index contributed by atoms with van der Waals surface area (Å²) in [5.41, 5.74) is 13.0. The second kappa shape index (κ2) is 4.25. The van der Waals surface area contributed by atoms with Gasteiger partial charge in [-0.3, -0.25) is 4.40 Å². The molecule has 0 radical (unpaired) electrons. The van der Waals surface area contributed by atoms with Gasteiger partial charge in [0.2, 0.25) is 0 Å². The van der Waals surface area contributed by atoms with Crippen molar-refractivity contribution in [2.45, 2.75) is 13.3 Å². The van der Waals surface area contributed by atoms with Gasteiger partial charge in [-0.25, -0.2) is 4.98 Å². The minimum Gasteiger partial charge on any atom is -0.383 e. The number of aromatic nitrogens is 2. The highest BCUT2D eigenvalue weighted by atomic mass is 15.1. The average Bonchev–Trinajstić information content (AvgIpc) is 3.01. The largest absolute Gasteiger partial charge is 0.383 e. The number of aryl methyl sites for hydroxylation is 1. The van der Waals surface area contributed by atoms with E-state index in [9.17, 15) is 0 Å². The van der Waals surface area contributed by atoms with Gasteiger partial charge in [0.15, 0.2) is 0 Å². The first-order valence-corrected chi connectivity index (χ1v) is 7.23. The second-order valence-electron chi connectivity index (χ2n) is 5.72. The summed E-state index contributed by atoms with van der Waals surface area (Å²) in [6, 6.07) is 12.6. The van der Waals surface area contributed by atoms with Gasteiger partial charge in [0.25, 0.3) is 0 Å². The van der Waals surface area contributed by atoms with Gasteiger partial charge in [-0.05, 0) is 43.2 Å². The van der Waals surface area contributed by atoms with Crippen LogP contribution < -0.4 is 10.6 Å². The highest BCUT2D eigenvalue weighted by Crippen LogP contribution is 2.33. The fourth-order valence-electron chi connectivity index (χ4n) is 3.21. The van der Waals surface area contributed by atoms with Crippen LogP contribution >= 0.6 is 0 Å². The molecule has 0 saturated carbocycles. The van der Waals surface area contributed by atoms with E-state index in [-0.39, 0.29) is 0 Å². The molecule has 4 heteroatoms. The van der Waals surface area contributed by atoms with Gasteiger partial charge >= 0.3 is 0 Å². The minimum absolute atomic E-state index is 0.717.